The first-order valence-electron chi connectivity index (χ1n) is 6.74. The molecular formula is C14H18ClF3N2. The molecule has 0 atom stereocenters. The summed E-state index contributed by atoms with van der Waals surface area (Å²) < 4.78 is 38.4. The molecule has 0 saturated carbocycles. The molecule has 2 rings (SSSR count). The average molecular weight is 307 g/mol. The Bertz CT molecular complexity index is 443. The van der Waals surface area contributed by atoms with Gasteiger partial charge < -0.3 is 10.2 Å². The maximum Gasteiger partial charge on any atom is 0.416 e. The molecule has 0 unspecified atom stereocenters. The molecule has 2 nitrogen and oxygen atoms in total. The highest BCUT2D eigenvalue weighted by molar-refractivity contribution is 6.17. The van der Waals surface area contributed by atoms with E-state index in [4.69, 9.17) is 11.6 Å². The zero-order valence-electron chi connectivity index (χ0n) is 11.1. The standard InChI is InChI=1S/C14H18ClF3N2/c15-5-1-2-11-10-12(14(16,17)18)3-4-13(11)20-8-6-19-7-9-20/h3-4,10,19H,1-2,5-9H2. The number of anilines is 1. The number of aryl methyl sites for hydroxylation is 1. The molecule has 0 aliphatic carbocycles. The van der Waals surface area contributed by atoms with E-state index in [1.165, 1.54) is 12.1 Å². The third-order valence-electron chi connectivity index (χ3n) is 3.44. The lowest BCUT2D eigenvalue weighted by atomic mass is 10.0. The molecule has 0 spiro atoms. The molecule has 1 aromatic carbocycles. The monoisotopic (exact) mass is 306 g/mol. The summed E-state index contributed by atoms with van der Waals surface area (Å²) in [6, 6.07) is 4.03. The van der Waals surface area contributed by atoms with Crippen molar-refractivity contribution < 1.29 is 13.2 Å². The van der Waals surface area contributed by atoms with Crippen LogP contribution in [0.2, 0.25) is 0 Å². The Kier molecular flexibility index (Phi) is 5.16. The number of hydrogen-bond acceptors (Lipinski definition) is 2. The van der Waals surface area contributed by atoms with Crippen LogP contribution in [0.1, 0.15) is 17.5 Å². The van der Waals surface area contributed by atoms with Crippen molar-refractivity contribution in [2.24, 2.45) is 0 Å². The van der Waals surface area contributed by atoms with Gasteiger partial charge in [-0.1, -0.05) is 0 Å². The van der Waals surface area contributed by atoms with Crippen LogP contribution >= 0.6 is 11.6 Å². The molecule has 1 aromatic rings. The highest BCUT2D eigenvalue weighted by Gasteiger charge is 2.31. The summed E-state index contributed by atoms with van der Waals surface area (Å²) in [4.78, 5) is 2.14. The second-order valence-corrected chi connectivity index (χ2v) is 5.25. The van der Waals surface area contributed by atoms with E-state index in [9.17, 15) is 13.2 Å². The number of alkyl halides is 4. The number of benzene rings is 1. The van der Waals surface area contributed by atoms with Crippen molar-refractivity contribution in [1.29, 1.82) is 0 Å². The van der Waals surface area contributed by atoms with E-state index in [2.05, 4.69) is 10.2 Å². The van der Waals surface area contributed by atoms with Gasteiger partial charge in [0.2, 0.25) is 0 Å². The van der Waals surface area contributed by atoms with Crippen LogP contribution in [0.15, 0.2) is 18.2 Å². The van der Waals surface area contributed by atoms with Gasteiger partial charge in [-0.3, -0.25) is 0 Å². The van der Waals surface area contributed by atoms with Crippen molar-refractivity contribution in [3.8, 4) is 0 Å². The zero-order valence-corrected chi connectivity index (χ0v) is 11.9. The molecule has 1 aliphatic rings. The van der Waals surface area contributed by atoms with Gasteiger partial charge in [0, 0.05) is 37.7 Å². The number of nitrogens with one attached hydrogen (secondary N) is 1. The van der Waals surface area contributed by atoms with Gasteiger partial charge in [0.15, 0.2) is 0 Å². The molecule has 1 fully saturated rings. The summed E-state index contributed by atoms with van der Waals surface area (Å²) in [6.45, 7) is 3.35. The maximum atomic E-state index is 12.8. The van der Waals surface area contributed by atoms with E-state index >= 15 is 0 Å². The van der Waals surface area contributed by atoms with Gasteiger partial charge in [0.1, 0.15) is 0 Å². The highest BCUT2D eigenvalue weighted by Crippen LogP contribution is 2.33. The Morgan fingerprint density at radius 3 is 2.50 bits per heavy atom. The predicted molar refractivity (Wildman–Crippen MR) is 75.6 cm³/mol. The molecule has 1 saturated heterocycles. The molecule has 1 aliphatic heterocycles. The van der Waals surface area contributed by atoms with Crippen LogP contribution in [-0.4, -0.2) is 32.1 Å². The summed E-state index contributed by atoms with van der Waals surface area (Å²) in [5.74, 6) is 0.456. The lowest BCUT2D eigenvalue weighted by molar-refractivity contribution is -0.137. The summed E-state index contributed by atoms with van der Waals surface area (Å²) in [7, 11) is 0. The van der Waals surface area contributed by atoms with Crippen LogP contribution < -0.4 is 10.2 Å². The smallest absolute Gasteiger partial charge is 0.369 e. The van der Waals surface area contributed by atoms with Crippen LogP contribution in [0.25, 0.3) is 0 Å². The summed E-state index contributed by atoms with van der Waals surface area (Å²) in [6.07, 6.45) is -3.04. The summed E-state index contributed by atoms with van der Waals surface area (Å²) in [5.41, 5.74) is 1.06. The van der Waals surface area contributed by atoms with Crippen molar-refractivity contribution in [3.63, 3.8) is 0 Å². The summed E-state index contributed by atoms with van der Waals surface area (Å²) >= 11 is 5.67. The minimum Gasteiger partial charge on any atom is -0.369 e. The van der Waals surface area contributed by atoms with Gasteiger partial charge in [0.05, 0.1) is 5.56 Å². The zero-order chi connectivity index (χ0) is 14.6. The second-order valence-electron chi connectivity index (χ2n) is 4.87. The van der Waals surface area contributed by atoms with E-state index < -0.39 is 11.7 Å². The Morgan fingerprint density at radius 2 is 1.90 bits per heavy atom. The molecule has 1 heterocycles. The fourth-order valence-corrected chi connectivity index (χ4v) is 2.57. The van der Waals surface area contributed by atoms with E-state index in [1.807, 2.05) is 0 Å². The van der Waals surface area contributed by atoms with E-state index in [0.717, 1.165) is 37.4 Å². The molecule has 6 heteroatoms. The first kappa shape index (κ1) is 15.4. The lowest BCUT2D eigenvalue weighted by Gasteiger charge is -2.31. The molecule has 0 amide bonds. The van der Waals surface area contributed by atoms with Crippen molar-refractivity contribution in [3.05, 3.63) is 29.3 Å². The van der Waals surface area contributed by atoms with Crippen molar-refractivity contribution in [1.82, 2.24) is 5.32 Å². The third-order valence-corrected chi connectivity index (χ3v) is 3.71. The molecule has 0 bridgehead atoms. The van der Waals surface area contributed by atoms with Gasteiger partial charge >= 0.3 is 6.18 Å². The van der Waals surface area contributed by atoms with Gasteiger partial charge in [-0.05, 0) is 36.6 Å². The first-order chi connectivity index (χ1) is 9.52. The fraction of sp³-hybridized carbons (Fsp3) is 0.571. The van der Waals surface area contributed by atoms with Crippen molar-refractivity contribution in [2.45, 2.75) is 19.0 Å². The number of nitrogens with zero attached hydrogens (tertiary/aromatic N) is 1. The van der Waals surface area contributed by atoms with Gasteiger partial charge in [-0.25, -0.2) is 0 Å². The summed E-state index contributed by atoms with van der Waals surface area (Å²) in [5, 5.41) is 3.24. The second kappa shape index (κ2) is 6.68. The largest absolute Gasteiger partial charge is 0.416 e. The third kappa shape index (κ3) is 3.79. The van der Waals surface area contributed by atoms with Crippen molar-refractivity contribution >= 4 is 17.3 Å². The molecule has 0 radical (unpaired) electrons. The molecular weight excluding hydrogens is 289 g/mol. The van der Waals surface area contributed by atoms with Gasteiger partial charge in [-0.2, -0.15) is 13.2 Å². The van der Waals surface area contributed by atoms with Gasteiger partial charge in [-0.15, -0.1) is 11.6 Å². The quantitative estimate of drug-likeness (QED) is 0.859. The van der Waals surface area contributed by atoms with E-state index in [0.29, 0.717) is 18.7 Å². The van der Waals surface area contributed by atoms with Gasteiger partial charge in [0.25, 0.3) is 0 Å². The predicted octanol–water partition coefficient (Wildman–Crippen LogP) is 3.29. The first-order valence-corrected chi connectivity index (χ1v) is 7.27. The Balaban J connectivity index is 2.29. The lowest BCUT2D eigenvalue weighted by Crippen LogP contribution is -2.43. The Hall–Kier alpha value is -0.940. The van der Waals surface area contributed by atoms with Crippen LogP contribution in [0.3, 0.4) is 0 Å². The van der Waals surface area contributed by atoms with Crippen LogP contribution in [0.4, 0.5) is 18.9 Å². The molecule has 0 aromatic heterocycles. The Labute approximate surface area is 121 Å². The van der Waals surface area contributed by atoms with E-state index in [1.54, 1.807) is 6.07 Å². The van der Waals surface area contributed by atoms with E-state index in [-0.39, 0.29) is 0 Å². The van der Waals surface area contributed by atoms with Crippen LogP contribution in [0, 0.1) is 0 Å². The number of piperazine rings is 1. The maximum absolute atomic E-state index is 12.8. The molecule has 112 valence electrons. The average Bonchev–Trinajstić information content (AvgIpc) is 2.45. The topological polar surface area (TPSA) is 15.3 Å². The Morgan fingerprint density at radius 1 is 1.20 bits per heavy atom. The number of halogens is 4. The molecule has 1 N–H and O–H groups in total. The minimum absolute atomic E-state index is 0.456. The number of rotatable bonds is 4. The van der Waals surface area contributed by atoms with Crippen LogP contribution in [-0.2, 0) is 12.6 Å². The molecule has 20 heavy (non-hydrogen) atoms. The fourth-order valence-electron chi connectivity index (χ4n) is 2.43. The highest BCUT2D eigenvalue weighted by atomic mass is 35.5. The minimum atomic E-state index is -4.29. The number of hydrogen-bond donors (Lipinski definition) is 1. The normalized spacial score (nSPS) is 16.5. The van der Waals surface area contributed by atoms with Crippen molar-refractivity contribution in [2.75, 3.05) is 37.0 Å². The van der Waals surface area contributed by atoms with Crippen LogP contribution in [0.5, 0.6) is 0 Å². The SMILES string of the molecule is FC(F)(F)c1ccc(N2CCNCC2)c(CCCCl)c1.